The number of amides is 2. The van der Waals surface area contributed by atoms with Crippen molar-refractivity contribution >= 4 is 11.8 Å². The number of hydrogen-bond acceptors (Lipinski definition) is 3. The molecular formula is C15H27N3O2. The van der Waals surface area contributed by atoms with Gasteiger partial charge in [-0.3, -0.25) is 9.59 Å². The van der Waals surface area contributed by atoms with Crippen molar-refractivity contribution in [1.29, 1.82) is 0 Å². The first-order chi connectivity index (χ1) is 9.38. The third kappa shape index (κ3) is 3.32. The maximum Gasteiger partial charge on any atom is 0.245 e. The van der Waals surface area contributed by atoms with Crippen LogP contribution in [-0.2, 0) is 9.59 Å². The normalized spacial score (nSPS) is 32.6. The van der Waals surface area contributed by atoms with Crippen LogP contribution in [0.4, 0.5) is 0 Å². The molecule has 2 aliphatic rings. The van der Waals surface area contributed by atoms with Crippen LogP contribution in [0, 0.1) is 11.8 Å². The molecule has 5 heteroatoms. The van der Waals surface area contributed by atoms with Crippen LogP contribution < -0.4 is 5.32 Å². The Hall–Kier alpha value is -1.10. The Labute approximate surface area is 121 Å². The van der Waals surface area contributed by atoms with E-state index in [-0.39, 0.29) is 30.4 Å². The van der Waals surface area contributed by atoms with Crippen molar-refractivity contribution in [2.24, 2.45) is 11.8 Å². The molecule has 0 radical (unpaired) electrons. The second kappa shape index (κ2) is 6.12. The van der Waals surface area contributed by atoms with Gasteiger partial charge in [0.15, 0.2) is 0 Å². The summed E-state index contributed by atoms with van der Waals surface area (Å²) in [6, 6.07) is -0.123. The lowest BCUT2D eigenvalue weighted by Crippen LogP contribution is -2.63. The summed E-state index contributed by atoms with van der Waals surface area (Å²) in [4.78, 5) is 28.7. The van der Waals surface area contributed by atoms with Gasteiger partial charge in [0.25, 0.3) is 0 Å². The highest BCUT2D eigenvalue weighted by Gasteiger charge is 2.39. The van der Waals surface area contributed by atoms with Crippen LogP contribution in [0.1, 0.15) is 33.6 Å². The van der Waals surface area contributed by atoms with Crippen LogP contribution in [0.15, 0.2) is 0 Å². The topological polar surface area (TPSA) is 52.7 Å². The number of carbonyl (C=O) groups is 2. The predicted octanol–water partition coefficient (Wildman–Crippen LogP) is 0.700. The lowest BCUT2D eigenvalue weighted by atomic mass is 9.90. The van der Waals surface area contributed by atoms with Crippen molar-refractivity contribution in [2.45, 2.75) is 45.7 Å². The third-order valence-corrected chi connectivity index (χ3v) is 4.40. The quantitative estimate of drug-likeness (QED) is 0.828. The average molecular weight is 281 g/mol. The van der Waals surface area contributed by atoms with Gasteiger partial charge in [-0.15, -0.1) is 0 Å². The van der Waals surface area contributed by atoms with Gasteiger partial charge < -0.3 is 15.1 Å². The maximum absolute atomic E-state index is 12.6. The molecule has 5 nitrogen and oxygen atoms in total. The molecule has 2 fully saturated rings. The lowest BCUT2D eigenvalue weighted by molar-refractivity contribution is -0.149. The first kappa shape index (κ1) is 15.3. The minimum atomic E-state index is -0.330. The number of nitrogens with one attached hydrogen (secondary N) is 1. The minimum absolute atomic E-state index is 0.0126. The van der Waals surface area contributed by atoms with E-state index in [1.54, 1.807) is 0 Å². The van der Waals surface area contributed by atoms with Crippen molar-refractivity contribution in [1.82, 2.24) is 15.1 Å². The van der Waals surface area contributed by atoms with Crippen molar-refractivity contribution in [3.8, 4) is 0 Å². The number of hydrogen-bond donors (Lipinski definition) is 1. The zero-order valence-corrected chi connectivity index (χ0v) is 13.1. The molecular weight excluding hydrogens is 254 g/mol. The highest BCUT2D eigenvalue weighted by molar-refractivity contribution is 5.95. The fourth-order valence-corrected chi connectivity index (χ4v) is 3.45. The van der Waals surface area contributed by atoms with Crippen LogP contribution in [0.3, 0.4) is 0 Å². The van der Waals surface area contributed by atoms with Gasteiger partial charge in [-0.05, 0) is 38.3 Å². The van der Waals surface area contributed by atoms with Gasteiger partial charge in [-0.2, -0.15) is 0 Å². The van der Waals surface area contributed by atoms with E-state index in [1.807, 2.05) is 4.90 Å². The zero-order chi connectivity index (χ0) is 14.9. The molecule has 3 atom stereocenters. The Morgan fingerprint density at radius 2 is 2.05 bits per heavy atom. The molecule has 0 bridgehead atoms. The van der Waals surface area contributed by atoms with Crippen LogP contribution in [0.2, 0.25) is 0 Å². The third-order valence-electron chi connectivity index (χ3n) is 4.40. The molecule has 3 unspecified atom stereocenters. The molecule has 0 aliphatic carbocycles. The van der Waals surface area contributed by atoms with Gasteiger partial charge in [-0.25, -0.2) is 0 Å². The van der Waals surface area contributed by atoms with Crippen molar-refractivity contribution < 1.29 is 9.59 Å². The molecule has 2 rings (SSSR count). The van der Waals surface area contributed by atoms with Gasteiger partial charge in [0.1, 0.15) is 6.04 Å². The van der Waals surface area contributed by atoms with E-state index in [0.717, 1.165) is 25.9 Å². The monoisotopic (exact) mass is 281 g/mol. The zero-order valence-electron chi connectivity index (χ0n) is 13.1. The Kier molecular flexibility index (Phi) is 4.68. The molecule has 2 amide bonds. The van der Waals surface area contributed by atoms with E-state index in [4.69, 9.17) is 0 Å². The maximum atomic E-state index is 12.6. The largest absolute Gasteiger partial charge is 0.343 e. The van der Waals surface area contributed by atoms with Crippen LogP contribution in [0.25, 0.3) is 0 Å². The summed E-state index contributed by atoms with van der Waals surface area (Å²) in [5.74, 6) is 0.920. The Morgan fingerprint density at radius 3 is 2.65 bits per heavy atom. The summed E-state index contributed by atoms with van der Waals surface area (Å²) in [6.45, 7) is 8.55. The molecule has 0 saturated carbocycles. The average Bonchev–Trinajstić information content (AvgIpc) is 2.33. The summed E-state index contributed by atoms with van der Waals surface area (Å²) in [6.07, 6.45) is 1.69. The molecule has 2 aliphatic heterocycles. The predicted molar refractivity (Wildman–Crippen MR) is 78.2 cm³/mol. The highest BCUT2D eigenvalue weighted by Crippen LogP contribution is 2.24. The second-order valence-electron chi connectivity index (χ2n) is 6.81. The number of carbonyl (C=O) groups excluding carboxylic acids is 2. The SMILES string of the molecule is CC(C)CC1NC(=O)CN(C2CCN(C)CC2C)C1=O. The molecule has 2 saturated heterocycles. The number of piperidine rings is 1. The lowest BCUT2D eigenvalue weighted by Gasteiger charge is -2.44. The first-order valence-electron chi connectivity index (χ1n) is 7.67. The van der Waals surface area contributed by atoms with Crippen LogP contribution >= 0.6 is 0 Å². The number of likely N-dealkylation sites (tertiary alicyclic amines) is 1. The smallest absolute Gasteiger partial charge is 0.245 e. The standard InChI is InChI=1S/C15H27N3O2/c1-10(2)7-12-15(20)18(9-14(19)16-12)13-5-6-17(4)8-11(13)3/h10-13H,5-9H2,1-4H3,(H,16,19). The minimum Gasteiger partial charge on any atom is -0.343 e. The molecule has 114 valence electrons. The van der Waals surface area contributed by atoms with E-state index in [9.17, 15) is 9.59 Å². The van der Waals surface area contributed by atoms with Crippen molar-refractivity contribution in [3.63, 3.8) is 0 Å². The molecule has 20 heavy (non-hydrogen) atoms. The molecule has 2 heterocycles. The summed E-state index contributed by atoms with van der Waals surface area (Å²) >= 11 is 0. The van der Waals surface area contributed by atoms with Crippen molar-refractivity contribution in [3.05, 3.63) is 0 Å². The second-order valence-corrected chi connectivity index (χ2v) is 6.81. The fourth-order valence-electron chi connectivity index (χ4n) is 3.45. The number of rotatable bonds is 3. The van der Waals surface area contributed by atoms with Crippen LogP contribution in [-0.4, -0.2) is 60.4 Å². The molecule has 0 aromatic carbocycles. The number of piperazine rings is 1. The van der Waals surface area contributed by atoms with Gasteiger partial charge >= 0.3 is 0 Å². The van der Waals surface area contributed by atoms with E-state index in [2.05, 4.69) is 38.0 Å². The molecule has 0 aromatic rings. The van der Waals surface area contributed by atoms with Crippen LogP contribution in [0.5, 0.6) is 0 Å². The van der Waals surface area contributed by atoms with Gasteiger partial charge in [0.05, 0.1) is 6.54 Å². The molecule has 0 aromatic heterocycles. The Morgan fingerprint density at radius 1 is 1.35 bits per heavy atom. The summed E-state index contributed by atoms with van der Waals surface area (Å²) < 4.78 is 0. The van der Waals surface area contributed by atoms with Crippen molar-refractivity contribution in [2.75, 3.05) is 26.7 Å². The number of nitrogens with zero attached hydrogens (tertiary/aromatic N) is 2. The molecule has 0 spiro atoms. The summed E-state index contributed by atoms with van der Waals surface area (Å²) in [5, 5.41) is 2.85. The van der Waals surface area contributed by atoms with E-state index < -0.39 is 0 Å². The van der Waals surface area contributed by atoms with Gasteiger partial charge in [0.2, 0.25) is 11.8 Å². The van der Waals surface area contributed by atoms with E-state index >= 15 is 0 Å². The summed E-state index contributed by atoms with van der Waals surface area (Å²) in [7, 11) is 2.11. The van der Waals surface area contributed by atoms with Gasteiger partial charge in [0, 0.05) is 12.6 Å². The fraction of sp³-hybridized carbons (Fsp3) is 0.867. The molecule has 1 N–H and O–H groups in total. The van der Waals surface area contributed by atoms with Gasteiger partial charge in [-0.1, -0.05) is 20.8 Å². The highest BCUT2D eigenvalue weighted by atomic mass is 16.2. The Bertz CT molecular complexity index is 383. The Balaban J connectivity index is 2.09. The first-order valence-corrected chi connectivity index (χ1v) is 7.67. The summed E-state index contributed by atoms with van der Waals surface area (Å²) in [5.41, 5.74) is 0. The van der Waals surface area contributed by atoms with E-state index in [1.165, 1.54) is 0 Å². The van der Waals surface area contributed by atoms with E-state index in [0.29, 0.717) is 11.8 Å².